The topological polar surface area (TPSA) is 25.8 Å². The van der Waals surface area contributed by atoms with Crippen LogP contribution in [-0.4, -0.2) is 8.75 Å². The molecule has 0 atom stereocenters. The van der Waals surface area contributed by atoms with Crippen molar-refractivity contribution in [3.05, 3.63) is 10.8 Å². The molecule has 1 aromatic heterocycles. The molecule has 0 N–H and O–H groups in total. The van der Waals surface area contributed by atoms with Gasteiger partial charge in [-0.3, -0.25) is 0 Å². The zero-order valence-corrected chi connectivity index (χ0v) is 7.50. The quantitative estimate of drug-likeness (QED) is 0.571. The lowest BCUT2D eigenvalue weighted by molar-refractivity contribution is 1.31. The first-order chi connectivity index (χ1) is 3.84. The molecule has 0 bridgehead atoms. The van der Waals surface area contributed by atoms with Gasteiger partial charge in [0.2, 0.25) is 0 Å². The second-order valence-corrected chi connectivity index (χ2v) is 2.78. The first kappa shape index (κ1) is 6.70. The number of hydrogen-bond acceptors (Lipinski definition) is 3. The summed E-state index contributed by atoms with van der Waals surface area (Å²) in [5, 5.41) is 0.546. The predicted octanol–water partition coefficient (Wildman–Crippen LogP) is 2.13. The van der Waals surface area contributed by atoms with Crippen molar-refractivity contribution < 1.29 is 0 Å². The van der Waals surface area contributed by atoms with Crippen molar-refractivity contribution in [1.82, 2.24) is 8.75 Å². The molecule has 0 saturated heterocycles. The smallest absolute Gasteiger partial charge is 0.166 e. The molecule has 0 aromatic carbocycles. The third-order valence-electron chi connectivity index (χ3n) is 0.637. The van der Waals surface area contributed by atoms with Gasteiger partial charge in [0.1, 0.15) is 5.69 Å². The molecular formula is C3H2ClIN2S. The summed E-state index contributed by atoms with van der Waals surface area (Å²) in [7, 11) is 0. The van der Waals surface area contributed by atoms with Crippen LogP contribution < -0.4 is 0 Å². The van der Waals surface area contributed by atoms with Crippen LogP contribution >= 0.6 is 45.9 Å². The van der Waals surface area contributed by atoms with E-state index in [-0.39, 0.29) is 0 Å². The van der Waals surface area contributed by atoms with Crippen LogP contribution in [0.3, 0.4) is 0 Å². The fraction of sp³-hybridized carbons (Fsp3) is 0.333. The van der Waals surface area contributed by atoms with Gasteiger partial charge in [0.25, 0.3) is 0 Å². The van der Waals surface area contributed by atoms with Crippen LogP contribution in [0.5, 0.6) is 0 Å². The lowest BCUT2D eigenvalue weighted by atomic mass is 10.6. The van der Waals surface area contributed by atoms with Crippen LogP contribution in [0.4, 0.5) is 0 Å². The van der Waals surface area contributed by atoms with E-state index < -0.39 is 0 Å². The molecule has 0 spiro atoms. The Labute approximate surface area is 69.7 Å². The highest BCUT2D eigenvalue weighted by molar-refractivity contribution is 14.1. The molecular weight excluding hydrogens is 258 g/mol. The maximum absolute atomic E-state index is 5.57. The molecule has 1 aromatic rings. The van der Waals surface area contributed by atoms with E-state index in [0.29, 0.717) is 5.15 Å². The molecule has 0 aliphatic carbocycles. The van der Waals surface area contributed by atoms with Crippen molar-refractivity contribution in [3.63, 3.8) is 0 Å². The van der Waals surface area contributed by atoms with E-state index in [1.54, 1.807) is 0 Å². The summed E-state index contributed by atoms with van der Waals surface area (Å²) < 4.78 is 8.54. The van der Waals surface area contributed by atoms with E-state index in [4.69, 9.17) is 11.6 Å². The summed E-state index contributed by atoms with van der Waals surface area (Å²) in [6.07, 6.45) is 0. The number of halogens is 2. The molecule has 0 aliphatic rings. The van der Waals surface area contributed by atoms with Gasteiger partial charge in [-0.15, -0.1) is 0 Å². The summed E-state index contributed by atoms with van der Waals surface area (Å²) in [5.74, 6) is 0. The second-order valence-electron chi connectivity index (χ2n) is 1.14. The Hall–Kier alpha value is 0.580. The lowest BCUT2D eigenvalue weighted by Crippen LogP contribution is -1.73. The highest BCUT2D eigenvalue weighted by atomic mass is 127. The SMILES string of the molecule is Clc1nsnc1CI. The van der Waals surface area contributed by atoms with E-state index in [9.17, 15) is 0 Å². The Morgan fingerprint density at radius 2 is 2.38 bits per heavy atom. The largest absolute Gasteiger partial charge is 0.176 e. The maximum atomic E-state index is 5.57. The van der Waals surface area contributed by atoms with E-state index >= 15 is 0 Å². The minimum Gasteiger partial charge on any atom is -0.176 e. The van der Waals surface area contributed by atoms with Crippen LogP contribution in [0.1, 0.15) is 5.69 Å². The highest BCUT2D eigenvalue weighted by Gasteiger charge is 2.00. The van der Waals surface area contributed by atoms with Crippen molar-refractivity contribution in [3.8, 4) is 0 Å². The molecule has 0 unspecified atom stereocenters. The molecule has 0 saturated carbocycles. The highest BCUT2D eigenvalue weighted by Crippen LogP contribution is 2.14. The summed E-state index contributed by atoms with van der Waals surface area (Å²) in [6.45, 7) is 0. The van der Waals surface area contributed by atoms with Crippen molar-refractivity contribution in [2.24, 2.45) is 0 Å². The first-order valence-electron chi connectivity index (χ1n) is 1.87. The fourth-order valence-corrected chi connectivity index (χ4v) is 1.98. The Morgan fingerprint density at radius 3 is 2.62 bits per heavy atom. The predicted molar refractivity (Wildman–Crippen MR) is 42.6 cm³/mol. The maximum Gasteiger partial charge on any atom is 0.166 e. The minimum atomic E-state index is 0.546. The second kappa shape index (κ2) is 2.93. The zero-order valence-electron chi connectivity index (χ0n) is 3.77. The third-order valence-corrected chi connectivity index (χ3v) is 2.33. The first-order valence-corrected chi connectivity index (χ1v) is 4.51. The lowest BCUT2D eigenvalue weighted by Gasteiger charge is -1.79. The van der Waals surface area contributed by atoms with Gasteiger partial charge in [-0.05, 0) is 0 Å². The summed E-state index contributed by atoms with van der Waals surface area (Å²) in [4.78, 5) is 0. The average molecular weight is 260 g/mol. The van der Waals surface area contributed by atoms with Crippen LogP contribution in [0.15, 0.2) is 0 Å². The number of hydrogen-bond donors (Lipinski definition) is 0. The van der Waals surface area contributed by atoms with Gasteiger partial charge in [0.05, 0.1) is 11.7 Å². The molecule has 5 heteroatoms. The molecule has 0 radical (unpaired) electrons. The van der Waals surface area contributed by atoms with Crippen molar-refractivity contribution in [1.29, 1.82) is 0 Å². The fourth-order valence-electron chi connectivity index (χ4n) is 0.275. The van der Waals surface area contributed by atoms with Crippen molar-refractivity contribution >= 4 is 45.9 Å². The van der Waals surface area contributed by atoms with E-state index in [0.717, 1.165) is 21.8 Å². The van der Waals surface area contributed by atoms with E-state index in [1.807, 2.05) is 0 Å². The van der Waals surface area contributed by atoms with Crippen molar-refractivity contribution in [2.45, 2.75) is 4.43 Å². The molecule has 0 amide bonds. The molecule has 8 heavy (non-hydrogen) atoms. The Balaban J connectivity index is 2.92. The monoisotopic (exact) mass is 260 g/mol. The van der Waals surface area contributed by atoms with E-state index in [2.05, 4.69) is 31.3 Å². The molecule has 2 nitrogen and oxygen atoms in total. The minimum absolute atomic E-state index is 0.546. The average Bonchev–Trinajstić information content (AvgIpc) is 2.14. The number of nitrogens with zero attached hydrogens (tertiary/aromatic N) is 2. The van der Waals surface area contributed by atoms with Gasteiger partial charge in [-0.2, -0.15) is 8.75 Å². The zero-order chi connectivity index (χ0) is 5.98. The molecule has 1 rings (SSSR count). The van der Waals surface area contributed by atoms with Gasteiger partial charge in [0, 0.05) is 4.43 Å². The van der Waals surface area contributed by atoms with Gasteiger partial charge < -0.3 is 0 Å². The van der Waals surface area contributed by atoms with E-state index in [1.165, 1.54) is 0 Å². The molecule has 44 valence electrons. The third kappa shape index (κ3) is 1.29. The Morgan fingerprint density at radius 1 is 1.62 bits per heavy atom. The Kier molecular flexibility index (Phi) is 2.45. The van der Waals surface area contributed by atoms with Crippen LogP contribution in [0.2, 0.25) is 5.15 Å². The Bertz CT molecular complexity index is 178. The molecule has 0 aliphatic heterocycles. The number of rotatable bonds is 1. The molecule has 0 fully saturated rings. The summed E-state index contributed by atoms with van der Waals surface area (Å²) >= 11 is 8.92. The number of aromatic nitrogens is 2. The van der Waals surface area contributed by atoms with Gasteiger partial charge in [0.15, 0.2) is 5.15 Å². The standard InChI is InChI=1S/C3H2ClIN2S/c4-3-2(1-5)6-8-7-3/h1H2. The summed E-state index contributed by atoms with van der Waals surface area (Å²) in [6, 6.07) is 0. The van der Waals surface area contributed by atoms with Crippen molar-refractivity contribution in [2.75, 3.05) is 0 Å². The van der Waals surface area contributed by atoms with Gasteiger partial charge in [-0.25, -0.2) is 0 Å². The normalized spacial score (nSPS) is 9.75. The molecule has 1 heterocycles. The number of alkyl halides is 1. The van der Waals surface area contributed by atoms with Crippen LogP contribution in [0, 0.1) is 0 Å². The van der Waals surface area contributed by atoms with Crippen LogP contribution in [0.25, 0.3) is 0 Å². The van der Waals surface area contributed by atoms with Gasteiger partial charge >= 0.3 is 0 Å². The van der Waals surface area contributed by atoms with Crippen LogP contribution in [-0.2, 0) is 4.43 Å². The van der Waals surface area contributed by atoms with Gasteiger partial charge in [-0.1, -0.05) is 34.2 Å². The summed E-state index contributed by atoms with van der Waals surface area (Å²) in [5.41, 5.74) is 0.886.